The van der Waals surface area contributed by atoms with Crippen molar-refractivity contribution < 1.29 is 18.6 Å². The second-order valence-electron chi connectivity index (χ2n) is 8.31. The summed E-state index contributed by atoms with van der Waals surface area (Å²) in [4.78, 5) is 5.33. The van der Waals surface area contributed by atoms with Gasteiger partial charge in [0.2, 0.25) is 0 Å². The Hall–Kier alpha value is -2.35. The van der Waals surface area contributed by atoms with Crippen LogP contribution in [0.5, 0.6) is 5.75 Å². The molecular weight excluding hydrogens is 439 g/mol. The number of unbranched alkanes of at least 4 members (excludes halogenated alkanes) is 1. The first kappa shape index (κ1) is 23.8. The summed E-state index contributed by atoms with van der Waals surface area (Å²) in [5.74, 6) is 0.765. The van der Waals surface area contributed by atoms with Crippen LogP contribution in [-0.4, -0.2) is 40.4 Å². The molecule has 2 heterocycles. The third-order valence-corrected chi connectivity index (χ3v) is 6.77. The lowest BCUT2D eigenvalue weighted by atomic mass is 10.0. The second-order valence-corrected chi connectivity index (χ2v) is 9.40. The van der Waals surface area contributed by atoms with E-state index >= 15 is 0 Å². The fourth-order valence-electron chi connectivity index (χ4n) is 3.79. The molecular formula is C26H31FN2O3S. The molecule has 176 valence electrons. The highest BCUT2D eigenvalue weighted by molar-refractivity contribution is 7.99. The molecule has 1 aromatic heterocycles. The highest BCUT2D eigenvalue weighted by Crippen LogP contribution is 2.33. The zero-order valence-corrected chi connectivity index (χ0v) is 19.8. The molecule has 2 atom stereocenters. The number of aryl methyl sites for hydroxylation is 1. The highest BCUT2D eigenvalue weighted by atomic mass is 32.2. The number of benzene rings is 2. The normalized spacial score (nSPS) is 20.2. The average Bonchev–Trinajstić information content (AvgIpc) is 3.49. The number of imidazole rings is 1. The van der Waals surface area contributed by atoms with Crippen LogP contribution in [-0.2, 0) is 22.4 Å². The molecule has 0 N–H and O–H groups in total. The molecule has 0 amide bonds. The maximum atomic E-state index is 13.3. The largest absolute Gasteiger partial charge is 0.494 e. The molecule has 1 saturated heterocycles. The van der Waals surface area contributed by atoms with Gasteiger partial charge in [0, 0.05) is 29.5 Å². The van der Waals surface area contributed by atoms with Crippen molar-refractivity contribution in [3.8, 4) is 5.75 Å². The Balaban J connectivity index is 1.33. The van der Waals surface area contributed by atoms with Gasteiger partial charge in [0.05, 0.1) is 32.2 Å². The predicted octanol–water partition coefficient (Wildman–Crippen LogP) is 5.74. The zero-order valence-electron chi connectivity index (χ0n) is 19.0. The third kappa shape index (κ3) is 7.06. The lowest BCUT2D eigenvalue weighted by Gasteiger charge is -2.28. The lowest BCUT2D eigenvalue weighted by Crippen LogP contribution is -2.37. The Bertz CT molecular complexity index is 966. The third-order valence-electron chi connectivity index (χ3n) is 5.63. The SMILES string of the molecule is CCCCOc1ccc(SCC2COC(CCc3ccc(F)cc3)(Cn3ccnc3)O2)cc1. The molecule has 3 aromatic rings. The van der Waals surface area contributed by atoms with Crippen molar-refractivity contribution in [3.05, 3.63) is 78.6 Å². The van der Waals surface area contributed by atoms with Crippen LogP contribution in [0.25, 0.3) is 0 Å². The first-order chi connectivity index (χ1) is 16.1. The zero-order chi connectivity index (χ0) is 22.9. The maximum Gasteiger partial charge on any atom is 0.187 e. The minimum atomic E-state index is -0.725. The molecule has 2 aromatic carbocycles. The van der Waals surface area contributed by atoms with E-state index in [0.29, 0.717) is 19.6 Å². The van der Waals surface area contributed by atoms with Gasteiger partial charge in [0.25, 0.3) is 0 Å². The van der Waals surface area contributed by atoms with E-state index in [1.54, 1.807) is 24.3 Å². The van der Waals surface area contributed by atoms with Crippen molar-refractivity contribution >= 4 is 11.8 Å². The Morgan fingerprint density at radius 3 is 2.73 bits per heavy atom. The van der Waals surface area contributed by atoms with Gasteiger partial charge < -0.3 is 18.8 Å². The topological polar surface area (TPSA) is 45.5 Å². The van der Waals surface area contributed by atoms with Gasteiger partial charge in [0.1, 0.15) is 11.6 Å². The Morgan fingerprint density at radius 2 is 2.00 bits per heavy atom. The summed E-state index contributed by atoms with van der Waals surface area (Å²) in [5, 5.41) is 0. The maximum absolute atomic E-state index is 13.3. The van der Waals surface area contributed by atoms with Crippen LogP contribution in [0.4, 0.5) is 4.39 Å². The van der Waals surface area contributed by atoms with Gasteiger partial charge in [0.15, 0.2) is 5.79 Å². The standard InChI is InChI=1S/C26H31FN2O3S/c1-2-3-16-30-23-8-10-25(11-9-23)33-18-24-17-31-26(32-24,19-29-15-14-28-20-29)13-12-21-4-6-22(27)7-5-21/h4-11,14-15,20,24H,2-3,12-13,16-19H2,1H3. The smallest absolute Gasteiger partial charge is 0.187 e. The number of aromatic nitrogens is 2. The molecule has 0 bridgehead atoms. The molecule has 1 aliphatic rings. The monoisotopic (exact) mass is 470 g/mol. The summed E-state index contributed by atoms with van der Waals surface area (Å²) < 4.78 is 33.7. The molecule has 4 rings (SSSR count). The lowest BCUT2D eigenvalue weighted by molar-refractivity contribution is -0.180. The fraction of sp³-hybridized carbons (Fsp3) is 0.423. The number of nitrogens with zero attached hydrogens (tertiary/aromatic N) is 2. The van der Waals surface area contributed by atoms with Crippen molar-refractivity contribution in [1.29, 1.82) is 0 Å². The van der Waals surface area contributed by atoms with Crippen LogP contribution < -0.4 is 4.74 Å². The summed E-state index contributed by atoms with van der Waals surface area (Å²) in [7, 11) is 0. The van der Waals surface area contributed by atoms with Crippen LogP contribution >= 0.6 is 11.8 Å². The van der Waals surface area contributed by atoms with Crippen LogP contribution in [0.15, 0.2) is 72.1 Å². The molecule has 0 radical (unpaired) electrons. The predicted molar refractivity (Wildman–Crippen MR) is 128 cm³/mol. The number of rotatable bonds is 12. The second kappa shape index (κ2) is 11.7. The number of hydrogen-bond donors (Lipinski definition) is 0. The minimum Gasteiger partial charge on any atom is -0.494 e. The summed E-state index contributed by atoms with van der Waals surface area (Å²) >= 11 is 1.76. The summed E-state index contributed by atoms with van der Waals surface area (Å²) in [6, 6.07) is 14.9. The van der Waals surface area contributed by atoms with Crippen LogP contribution in [0.2, 0.25) is 0 Å². The number of thioether (sulfide) groups is 1. The molecule has 0 aliphatic carbocycles. The van der Waals surface area contributed by atoms with Crippen molar-refractivity contribution in [1.82, 2.24) is 9.55 Å². The fourth-order valence-corrected chi connectivity index (χ4v) is 4.66. The number of ether oxygens (including phenoxy) is 3. The van der Waals surface area contributed by atoms with Gasteiger partial charge in [-0.3, -0.25) is 0 Å². The molecule has 2 unspecified atom stereocenters. The van der Waals surface area contributed by atoms with Gasteiger partial charge in [-0.15, -0.1) is 11.8 Å². The van der Waals surface area contributed by atoms with Gasteiger partial charge in [-0.25, -0.2) is 9.37 Å². The summed E-state index contributed by atoms with van der Waals surface area (Å²) in [6.07, 6.45) is 9.06. The van der Waals surface area contributed by atoms with Crippen molar-refractivity contribution in [2.45, 2.75) is 55.9 Å². The molecule has 0 spiro atoms. The van der Waals surface area contributed by atoms with Gasteiger partial charge in [-0.1, -0.05) is 25.5 Å². The molecule has 0 saturated carbocycles. The van der Waals surface area contributed by atoms with E-state index in [9.17, 15) is 4.39 Å². The van der Waals surface area contributed by atoms with Crippen molar-refractivity contribution in [2.24, 2.45) is 0 Å². The summed E-state index contributed by atoms with van der Waals surface area (Å²) in [5.41, 5.74) is 1.06. The van der Waals surface area contributed by atoms with Gasteiger partial charge >= 0.3 is 0 Å². The summed E-state index contributed by atoms with van der Waals surface area (Å²) in [6.45, 7) is 4.03. The molecule has 5 nitrogen and oxygen atoms in total. The van der Waals surface area contributed by atoms with E-state index in [1.807, 2.05) is 35.0 Å². The number of hydrogen-bond acceptors (Lipinski definition) is 5. The number of halogens is 1. The molecule has 7 heteroatoms. The molecule has 1 fully saturated rings. The first-order valence-electron chi connectivity index (χ1n) is 11.5. The van der Waals surface area contributed by atoms with E-state index in [0.717, 1.165) is 42.9 Å². The molecule has 33 heavy (non-hydrogen) atoms. The van der Waals surface area contributed by atoms with Crippen molar-refractivity contribution in [3.63, 3.8) is 0 Å². The van der Waals surface area contributed by atoms with Crippen LogP contribution in [0.1, 0.15) is 31.7 Å². The van der Waals surface area contributed by atoms with Crippen LogP contribution in [0.3, 0.4) is 0 Å². The first-order valence-corrected chi connectivity index (χ1v) is 12.5. The minimum absolute atomic E-state index is 0.00720. The van der Waals surface area contributed by atoms with E-state index in [1.165, 1.54) is 17.0 Å². The quantitative estimate of drug-likeness (QED) is 0.250. The Morgan fingerprint density at radius 1 is 1.18 bits per heavy atom. The Kier molecular flexibility index (Phi) is 8.42. The Labute approximate surface area is 199 Å². The van der Waals surface area contributed by atoms with Gasteiger partial charge in [-0.05, 0) is 54.8 Å². The van der Waals surface area contributed by atoms with E-state index in [4.69, 9.17) is 14.2 Å². The van der Waals surface area contributed by atoms with E-state index in [-0.39, 0.29) is 11.9 Å². The highest BCUT2D eigenvalue weighted by Gasteiger charge is 2.41. The van der Waals surface area contributed by atoms with Crippen molar-refractivity contribution in [2.75, 3.05) is 19.0 Å². The van der Waals surface area contributed by atoms with E-state index < -0.39 is 5.79 Å². The van der Waals surface area contributed by atoms with Crippen LogP contribution in [0, 0.1) is 5.82 Å². The van der Waals surface area contributed by atoms with E-state index in [2.05, 4.69) is 24.0 Å². The average molecular weight is 471 g/mol. The molecule has 1 aliphatic heterocycles. The van der Waals surface area contributed by atoms with Gasteiger partial charge in [-0.2, -0.15) is 0 Å².